The first-order valence-electron chi connectivity index (χ1n) is 8.45. The molecule has 1 rings (SSSR count). The Morgan fingerprint density at radius 1 is 0.632 bits per heavy atom. The van der Waals surface area contributed by atoms with Gasteiger partial charge >= 0.3 is 0 Å². The SMILES string of the molecule is CC(C)(C)C1CCCCCCCCCC1C(C)(C)O. The van der Waals surface area contributed by atoms with Gasteiger partial charge in [0, 0.05) is 0 Å². The molecule has 0 aromatic rings. The third kappa shape index (κ3) is 5.85. The smallest absolute Gasteiger partial charge is 0.0622 e. The van der Waals surface area contributed by atoms with Crippen LogP contribution in [0.5, 0.6) is 0 Å². The van der Waals surface area contributed by atoms with Crippen molar-refractivity contribution in [1.82, 2.24) is 0 Å². The Morgan fingerprint density at radius 2 is 1.00 bits per heavy atom. The third-order valence-electron chi connectivity index (χ3n) is 5.04. The van der Waals surface area contributed by atoms with Crippen LogP contribution in [0.2, 0.25) is 0 Å². The summed E-state index contributed by atoms with van der Waals surface area (Å²) in [6.45, 7) is 11.1. The Balaban J connectivity index is 2.85. The van der Waals surface area contributed by atoms with E-state index < -0.39 is 5.60 Å². The van der Waals surface area contributed by atoms with E-state index in [1.807, 2.05) is 13.8 Å². The predicted molar refractivity (Wildman–Crippen MR) is 84.3 cm³/mol. The monoisotopic (exact) mass is 268 g/mol. The highest BCUT2D eigenvalue weighted by Gasteiger charge is 2.39. The molecule has 2 unspecified atom stereocenters. The van der Waals surface area contributed by atoms with Crippen molar-refractivity contribution in [2.24, 2.45) is 17.3 Å². The van der Waals surface area contributed by atoms with Crippen LogP contribution >= 0.6 is 0 Å². The van der Waals surface area contributed by atoms with Gasteiger partial charge in [-0.1, -0.05) is 65.7 Å². The lowest BCUT2D eigenvalue weighted by Gasteiger charge is -2.43. The van der Waals surface area contributed by atoms with Crippen LogP contribution in [-0.4, -0.2) is 10.7 Å². The molecule has 0 spiro atoms. The minimum Gasteiger partial charge on any atom is -0.390 e. The minimum atomic E-state index is -0.536. The Labute approximate surface area is 121 Å². The van der Waals surface area contributed by atoms with E-state index in [-0.39, 0.29) is 0 Å². The van der Waals surface area contributed by atoms with E-state index in [1.54, 1.807) is 0 Å². The van der Waals surface area contributed by atoms with Crippen LogP contribution in [0.4, 0.5) is 0 Å². The van der Waals surface area contributed by atoms with Crippen molar-refractivity contribution in [3.8, 4) is 0 Å². The summed E-state index contributed by atoms with van der Waals surface area (Å²) in [6, 6.07) is 0. The van der Waals surface area contributed by atoms with E-state index >= 15 is 0 Å². The van der Waals surface area contributed by atoms with E-state index in [1.165, 1.54) is 57.8 Å². The molecule has 0 amide bonds. The average molecular weight is 268 g/mol. The summed E-state index contributed by atoms with van der Waals surface area (Å²) < 4.78 is 0. The van der Waals surface area contributed by atoms with E-state index in [0.717, 1.165) is 0 Å². The van der Waals surface area contributed by atoms with Crippen LogP contribution in [0.1, 0.15) is 92.4 Å². The van der Waals surface area contributed by atoms with Gasteiger partial charge in [-0.2, -0.15) is 0 Å². The fraction of sp³-hybridized carbons (Fsp3) is 1.00. The zero-order chi connectivity index (χ0) is 14.5. The summed E-state index contributed by atoms with van der Waals surface area (Å²) in [5, 5.41) is 10.6. The molecule has 0 bridgehead atoms. The normalized spacial score (nSPS) is 28.7. The van der Waals surface area contributed by atoms with E-state index in [4.69, 9.17) is 0 Å². The average Bonchev–Trinajstić information content (AvgIpc) is 2.29. The lowest BCUT2D eigenvalue weighted by atomic mass is 9.64. The van der Waals surface area contributed by atoms with E-state index in [9.17, 15) is 5.11 Å². The maximum absolute atomic E-state index is 10.6. The second kappa shape index (κ2) is 7.11. The molecular formula is C18H36O. The Hall–Kier alpha value is -0.0400. The first kappa shape index (κ1) is 17.0. The molecule has 0 radical (unpaired) electrons. The zero-order valence-electron chi connectivity index (χ0n) is 14.0. The van der Waals surface area contributed by atoms with Gasteiger partial charge in [-0.05, 0) is 43.9 Å². The summed E-state index contributed by atoms with van der Waals surface area (Å²) in [5.74, 6) is 1.09. The van der Waals surface area contributed by atoms with E-state index in [2.05, 4.69) is 20.8 Å². The zero-order valence-corrected chi connectivity index (χ0v) is 14.0. The molecule has 1 aliphatic carbocycles. The van der Waals surface area contributed by atoms with Crippen molar-refractivity contribution in [3.63, 3.8) is 0 Å². The van der Waals surface area contributed by atoms with Crippen LogP contribution in [0, 0.1) is 17.3 Å². The molecule has 2 atom stereocenters. The maximum atomic E-state index is 10.6. The second-order valence-corrected chi connectivity index (χ2v) is 8.28. The van der Waals surface area contributed by atoms with Gasteiger partial charge in [0.15, 0.2) is 0 Å². The quantitative estimate of drug-likeness (QED) is 0.660. The predicted octanol–water partition coefficient (Wildman–Crippen LogP) is 5.56. The second-order valence-electron chi connectivity index (χ2n) is 8.28. The van der Waals surface area contributed by atoms with Crippen molar-refractivity contribution in [2.45, 2.75) is 98.0 Å². The van der Waals surface area contributed by atoms with Crippen molar-refractivity contribution in [2.75, 3.05) is 0 Å². The van der Waals surface area contributed by atoms with Crippen LogP contribution in [0.25, 0.3) is 0 Å². The van der Waals surface area contributed by atoms with Gasteiger partial charge in [0.25, 0.3) is 0 Å². The Kier molecular flexibility index (Phi) is 6.36. The van der Waals surface area contributed by atoms with Crippen molar-refractivity contribution in [1.29, 1.82) is 0 Å². The minimum absolute atomic E-state index is 0.304. The van der Waals surface area contributed by atoms with Crippen LogP contribution in [0.15, 0.2) is 0 Å². The van der Waals surface area contributed by atoms with Gasteiger partial charge < -0.3 is 5.11 Å². The van der Waals surface area contributed by atoms with Crippen LogP contribution in [-0.2, 0) is 0 Å². The van der Waals surface area contributed by atoms with Gasteiger partial charge in [0.2, 0.25) is 0 Å². The molecule has 1 N–H and O–H groups in total. The molecule has 0 heterocycles. The number of hydrogen-bond donors (Lipinski definition) is 1. The highest BCUT2D eigenvalue weighted by atomic mass is 16.3. The Morgan fingerprint density at radius 3 is 1.37 bits per heavy atom. The van der Waals surface area contributed by atoms with Crippen molar-refractivity contribution in [3.05, 3.63) is 0 Å². The van der Waals surface area contributed by atoms with Gasteiger partial charge in [0.05, 0.1) is 5.60 Å². The van der Waals surface area contributed by atoms with Gasteiger partial charge in [-0.25, -0.2) is 0 Å². The molecule has 114 valence electrons. The van der Waals surface area contributed by atoms with Gasteiger partial charge in [-0.3, -0.25) is 0 Å². The largest absolute Gasteiger partial charge is 0.390 e. The lowest BCUT2D eigenvalue weighted by molar-refractivity contribution is -0.0456. The highest BCUT2D eigenvalue weighted by Crippen LogP contribution is 2.43. The first-order chi connectivity index (χ1) is 8.73. The summed E-state index contributed by atoms with van der Waals surface area (Å²) in [7, 11) is 0. The van der Waals surface area contributed by atoms with Crippen LogP contribution < -0.4 is 0 Å². The fourth-order valence-corrected chi connectivity index (χ4v) is 3.90. The summed E-state index contributed by atoms with van der Waals surface area (Å²) in [5.41, 5.74) is -0.231. The molecule has 19 heavy (non-hydrogen) atoms. The Bertz CT molecular complexity index is 217. The number of aliphatic hydroxyl groups is 1. The van der Waals surface area contributed by atoms with Gasteiger partial charge in [-0.15, -0.1) is 0 Å². The third-order valence-corrected chi connectivity index (χ3v) is 5.04. The molecule has 1 heteroatoms. The van der Waals surface area contributed by atoms with Crippen LogP contribution in [0.3, 0.4) is 0 Å². The molecule has 0 aromatic heterocycles. The topological polar surface area (TPSA) is 20.2 Å². The molecular weight excluding hydrogens is 232 g/mol. The molecule has 1 fully saturated rings. The van der Waals surface area contributed by atoms with Crippen molar-refractivity contribution >= 4 is 0 Å². The molecule has 0 aliphatic heterocycles. The van der Waals surface area contributed by atoms with Gasteiger partial charge in [0.1, 0.15) is 0 Å². The number of rotatable bonds is 1. The standard InChI is InChI=1S/C18H36O/c1-17(2,3)15-13-11-9-7-6-8-10-12-14-16(15)18(4,5)19/h15-16,19H,6-14H2,1-5H3. The number of hydrogen-bond acceptors (Lipinski definition) is 1. The molecule has 0 saturated heterocycles. The first-order valence-corrected chi connectivity index (χ1v) is 8.45. The molecule has 0 aromatic carbocycles. The lowest BCUT2D eigenvalue weighted by Crippen LogP contribution is -2.41. The highest BCUT2D eigenvalue weighted by molar-refractivity contribution is 4.89. The fourth-order valence-electron chi connectivity index (χ4n) is 3.90. The van der Waals surface area contributed by atoms with Crippen molar-refractivity contribution < 1.29 is 5.11 Å². The molecule has 1 nitrogen and oxygen atoms in total. The molecule has 1 saturated carbocycles. The maximum Gasteiger partial charge on any atom is 0.0622 e. The summed E-state index contributed by atoms with van der Waals surface area (Å²) >= 11 is 0. The summed E-state index contributed by atoms with van der Waals surface area (Å²) in [6.07, 6.45) is 12.1. The summed E-state index contributed by atoms with van der Waals surface area (Å²) in [4.78, 5) is 0. The van der Waals surface area contributed by atoms with E-state index in [0.29, 0.717) is 17.3 Å². The molecule has 1 aliphatic rings.